The summed E-state index contributed by atoms with van der Waals surface area (Å²) >= 11 is 0. The molecule has 0 aliphatic carbocycles. The number of fused-ring (bicyclic) bond motifs is 1. The van der Waals surface area contributed by atoms with Crippen LogP contribution in [0.4, 0.5) is 0 Å². The number of rotatable bonds is 4. The Kier molecular flexibility index (Phi) is 3.42. The molecule has 1 aromatic carbocycles. The Labute approximate surface area is 96.2 Å². The van der Waals surface area contributed by atoms with Crippen molar-refractivity contribution in [1.29, 1.82) is 0 Å². The summed E-state index contributed by atoms with van der Waals surface area (Å²) in [5, 5.41) is 1.30. The maximum absolute atomic E-state index is 5.49. The van der Waals surface area contributed by atoms with Crippen molar-refractivity contribution in [2.75, 3.05) is 6.54 Å². The first-order chi connectivity index (χ1) is 7.83. The van der Waals surface area contributed by atoms with E-state index in [0.717, 1.165) is 19.4 Å². The van der Waals surface area contributed by atoms with E-state index in [0.29, 0.717) is 0 Å². The number of aromatic amines is 1. The number of hydrogen-bond donors (Lipinski definition) is 2. The highest BCUT2D eigenvalue weighted by Crippen LogP contribution is 2.24. The minimum Gasteiger partial charge on any atom is -0.361 e. The van der Waals surface area contributed by atoms with Crippen molar-refractivity contribution < 1.29 is 0 Å². The van der Waals surface area contributed by atoms with E-state index in [1.165, 1.54) is 22.0 Å². The van der Waals surface area contributed by atoms with Gasteiger partial charge in [-0.05, 0) is 37.9 Å². The predicted octanol–water partition coefficient (Wildman–Crippen LogP) is 3.31. The van der Waals surface area contributed by atoms with Gasteiger partial charge >= 0.3 is 0 Å². The number of allylic oxidation sites excluding steroid dienone is 2. The molecule has 16 heavy (non-hydrogen) atoms. The molecule has 0 radical (unpaired) electrons. The number of para-hydroxylation sites is 1. The third kappa shape index (κ3) is 2.17. The van der Waals surface area contributed by atoms with Crippen LogP contribution in [0.25, 0.3) is 16.5 Å². The summed E-state index contributed by atoms with van der Waals surface area (Å²) in [4.78, 5) is 3.29. The molecule has 1 aromatic heterocycles. The molecule has 2 heteroatoms. The number of unbranched alkanes of at least 4 members (excludes halogenated alkanes) is 1. The van der Waals surface area contributed by atoms with Gasteiger partial charge < -0.3 is 10.7 Å². The zero-order chi connectivity index (χ0) is 11.4. The molecule has 0 aliphatic heterocycles. The zero-order valence-corrected chi connectivity index (χ0v) is 9.66. The van der Waals surface area contributed by atoms with Gasteiger partial charge in [-0.1, -0.05) is 24.3 Å². The second kappa shape index (κ2) is 4.99. The van der Waals surface area contributed by atoms with Crippen LogP contribution in [0.2, 0.25) is 0 Å². The summed E-state index contributed by atoms with van der Waals surface area (Å²) in [6, 6.07) is 8.39. The van der Waals surface area contributed by atoms with Crippen molar-refractivity contribution in [1.82, 2.24) is 4.98 Å². The lowest BCUT2D eigenvalue weighted by molar-refractivity contribution is 0.855. The molecule has 0 saturated carbocycles. The van der Waals surface area contributed by atoms with Gasteiger partial charge in [0.25, 0.3) is 0 Å². The first kappa shape index (κ1) is 11.0. The van der Waals surface area contributed by atoms with E-state index < -0.39 is 0 Å². The molecule has 0 amide bonds. The molecule has 84 valence electrons. The van der Waals surface area contributed by atoms with Crippen molar-refractivity contribution in [3.63, 3.8) is 0 Å². The molecular weight excluding hydrogens is 196 g/mol. The van der Waals surface area contributed by atoms with E-state index in [1.54, 1.807) is 0 Å². The van der Waals surface area contributed by atoms with Crippen molar-refractivity contribution in [3.05, 3.63) is 42.1 Å². The summed E-state index contributed by atoms with van der Waals surface area (Å²) in [5.74, 6) is 0. The summed E-state index contributed by atoms with van der Waals surface area (Å²) in [5.41, 5.74) is 9.31. The number of nitrogens with one attached hydrogen (secondary N) is 1. The van der Waals surface area contributed by atoms with Crippen molar-refractivity contribution in [3.8, 4) is 0 Å². The Hall–Kier alpha value is -1.54. The summed E-state index contributed by atoms with van der Waals surface area (Å²) in [7, 11) is 0. The molecule has 2 rings (SSSR count). The quantitative estimate of drug-likeness (QED) is 0.753. The molecule has 0 atom stereocenters. The molecule has 3 N–H and O–H groups in total. The lowest BCUT2D eigenvalue weighted by Gasteiger charge is -1.99. The maximum atomic E-state index is 5.49. The molecule has 2 aromatic rings. The topological polar surface area (TPSA) is 41.8 Å². The number of hydrogen-bond acceptors (Lipinski definition) is 1. The Morgan fingerprint density at radius 2 is 2.19 bits per heavy atom. The van der Waals surface area contributed by atoms with Gasteiger partial charge in [0.1, 0.15) is 0 Å². The highest BCUT2D eigenvalue weighted by molar-refractivity contribution is 5.92. The predicted molar refractivity (Wildman–Crippen MR) is 70.2 cm³/mol. The Balaban J connectivity index is 2.29. The van der Waals surface area contributed by atoms with E-state index in [9.17, 15) is 0 Å². The van der Waals surface area contributed by atoms with Gasteiger partial charge in [-0.15, -0.1) is 0 Å². The Morgan fingerprint density at radius 3 is 3.00 bits per heavy atom. The fourth-order valence-corrected chi connectivity index (χ4v) is 1.94. The zero-order valence-electron chi connectivity index (χ0n) is 9.66. The molecule has 0 unspecified atom stereocenters. The van der Waals surface area contributed by atoms with Gasteiger partial charge in [0, 0.05) is 22.7 Å². The van der Waals surface area contributed by atoms with Crippen LogP contribution in [-0.4, -0.2) is 11.5 Å². The first-order valence-electron chi connectivity index (χ1n) is 5.76. The smallest absolute Gasteiger partial charge is 0.0460 e. The lowest BCUT2D eigenvalue weighted by atomic mass is 10.0. The van der Waals surface area contributed by atoms with Crippen LogP contribution in [0.3, 0.4) is 0 Å². The Morgan fingerprint density at radius 1 is 1.38 bits per heavy atom. The minimum atomic E-state index is 0.762. The summed E-state index contributed by atoms with van der Waals surface area (Å²) in [6.07, 6.45) is 6.46. The normalized spacial score (nSPS) is 12.2. The highest BCUT2D eigenvalue weighted by atomic mass is 14.7. The fraction of sp³-hybridized carbons (Fsp3) is 0.286. The van der Waals surface area contributed by atoms with E-state index in [-0.39, 0.29) is 0 Å². The average Bonchev–Trinajstić information content (AvgIpc) is 2.73. The SMILES string of the molecule is C/C(=C\CCCN)c1c[nH]c2ccccc12. The molecule has 2 nitrogen and oxygen atoms in total. The average molecular weight is 214 g/mol. The number of H-pyrrole nitrogens is 1. The Bertz CT molecular complexity index is 494. The molecule has 0 spiro atoms. The van der Waals surface area contributed by atoms with Gasteiger partial charge in [-0.2, -0.15) is 0 Å². The first-order valence-corrected chi connectivity index (χ1v) is 5.76. The van der Waals surface area contributed by atoms with Crippen molar-refractivity contribution >= 4 is 16.5 Å². The van der Waals surface area contributed by atoms with E-state index in [2.05, 4.69) is 48.4 Å². The third-order valence-corrected chi connectivity index (χ3v) is 2.87. The van der Waals surface area contributed by atoms with Gasteiger partial charge in [0.05, 0.1) is 0 Å². The third-order valence-electron chi connectivity index (χ3n) is 2.87. The van der Waals surface area contributed by atoms with Crippen LogP contribution in [0, 0.1) is 0 Å². The largest absolute Gasteiger partial charge is 0.361 e. The fourth-order valence-electron chi connectivity index (χ4n) is 1.94. The van der Waals surface area contributed by atoms with Gasteiger partial charge in [0.2, 0.25) is 0 Å². The number of nitrogens with two attached hydrogens (primary N) is 1. The second-order valence-electron chi connectivity index (χ2n) is 4.07. The van der Waals surface area contributed by atoms with E-state index in [4.69, 9.17) is 5.73 Å². The van der Waals surface area contributed by atoms with Crippen LogP contribution in [0.5, 0.6) is 0 Å². The summed E-state index contributed by atoms with van der Waals surface area (Å²) in [6.45, 7) is 2.92. The highest BCUT2D eigenvalue weighted by Gasteiger charge is 2.03. The lowest BCUT2D eigenvalue weighted by Crippen LogP contribution is -1.96. The summed E-state index contributed by atoms with van der Waals surface area (Å²) < 4.78 is 0. The molecule has 0 saturated heterocycles. The number of benzene rings is 1. The second-order valence-corrected chi connectivity index (χ2v) is 4.07. The molecule has 0 aliphatic rings. The molecule has 1 heterocycles. The van der Waals surface area contributed by atoms with Gasteiger partial charge in [-0.25, -0.2) is 0 Å². The van der Waals surface area contributed by atoms with Crippen LogP contribution in [-0.2, 0) is 0 Å². The minimum absolute atomic E-state index is 0.762. The molecule has 0 bridgehead atoms. The maximum Gasteiger partial charge on any atom is 0.0460 e. The van der Waals surface area contributed by atoms with Crippen LogP contribution in [0.1, 0.15) is 25.3 Å². The van der Waals surface area contributed by atoms with E-state index >= 15 is 0 Å². The van der Waals surface area contributed by atoms with Crippen molar-refractivity contribution in [2.45, 2.75) is 19.8 Å². The van der Waals surface area contributed by atoms with Gasteiger partial charge in [0.15, 0.2) is 0 Å². The number of aromatic nitrogens is 1. The standard InChI is InChI=1S/C14H18N2/c1-11(6-4-5-9-15)13-10-16-14-8-3-2-7-12(13)14/h2-3,6-8,10,16H,4-5,9,15H2,1H3/b11-6+. The van der Waals surface area contributed by atoms with Gasteiger partial charge in [-0.3, -0.25) is 0 Å². The van der Waals surface area contributed by atoms with Crippen LogP contribution >= 0.6 is 0 Å². The van der Waals surface area contributed by atoms with Crippen LogP contribution < -0.4 is 5.73 Å². The van der Waals surface area contributed by atoms with E-state index in [1.807, 2.05) is 0 Å². The molecule has 0 fully saturated rings. The van der Waals surface area contributed by atoms with Crippen molar-refractivity contribution in [2.24, 2.45) is 5.73 Å². The molecular formula is C14H18N2. The van der Waals surface area contributed by atoms with Crippen LogP contribution in [0.15, 0.2) is 36.5 Å². The monoisotopic (exact) mass is 214 g/mol.